The number of fused-ring (bicyclic) bond motifs is 7. The molecule has 0 amide bonds. The van der Waals surface area contributed by atoms with Crippen molar-refractivity contribution in [3.63, 3.8) is 0 Å². The number of benzene rings is 12. The standard InChI is InChI=1S/C67H45N/c1-5-23-47(24-6-1)54-43-42-53(45-60(54)48-25-7-2-8-26-48)68(66-58-35-18-16-33-56(58)55-32-15-17-34-57(55)64(66)50-41-40-46-22-13-14-27-49(46)44-50)63-39-21-38-62-65(63)59-36-19-20-37-61(59)67(62,51-28-9-3-10-29-51)52-30-11-4-12-31-52/h1-45H. The zero-order valence-electron chi connectivity index (χ0n) is 37.4. The van der Waals surface area contributed by atoms with Crippen molar-refractivity contribution in [2.45, 2.75) is 5.41 Å². The predicted molar refractivity (Wildman–Crippen MR) is 287 cm³/mol. The van der Waals surface area contributed by atoms with E-state index in [0.717, 1.165) is 17.1 Å². The zero-order chi connectivity index (χ0) is 45.0. The van der Waals surface area contributed by atoms with E-state index in [1.807, 2.05) is 0 Å². The van der Waals surface area contributed by atoms with Crippen LogP contribution in [0.4, 0.5) is 17.1 Å². The molecule has 1 heteroatoms. The van der Waals surface area contributed by atoms with Gasteiger partial charge in [0.1, 0.15) is 0 Å². The van der Waals surface area contributed by atoms with Crippen molar-refractivity contribution in [1.82, 2.24) is 0 Å². The topological polar surface area (TPSA) is 3.24 Å². The van der Waals surface area contributed by atoms with Crippen LogP contribution in [0, 0.1) is 0 Å². The van der Waals surface area contributed by atoms with Gasteiger partial charge >= 0.3 is 0 Å². The lowest BCUT2D eigenvalue weighted by molar-refractivity contribution is 0.768. The van der Waals surface area contributed by atoms with Gasteiger partial charge in [0.15, 0.2) is 0 Å². The number of nitrogens with zero attached hydrogens (tertiary/aromatic N) is 1. The highest BCUT2D eigenvalue weighted by atomic mass is 15.2. The van der Waals surface area contributed by atoms with Crippen molar-refractivity contribution in [2.24, 2.45) is 0 Å². The molecule has 0 fully saturated rings. The van der Waals surface area contributed by atoms with Gasteiger partial charge < -0.3 is 4.90 Å². The van der Waals surface area contributed by atoms with Gasteiger partial charge in [0, 0.05) is 22.2 Å². The summed E-state index contributed by atoms with van der Waals surface area (Å²) in [6.45, 7) is 0. The van der Waals surface area contributed by atoms with Crippen LogP contribution >= 0.6 is 0 Å². The van der Waals surface area contributed by atoms with Gasteiger partial charge in [-0.1, -0.05) is 249 Å². The highest BCUT2D eigenvalue weighted by molar-refractivity contribution is 6.23. The summed E-state index contributed by atoms with van der Waals surface area (Å²) >= 11 is 0. The normalized spacial score (nSPS) is 12.5. The Balaban J connectivity index is 1.21. The first-order valence-corrected chi connectivity index (χ1v) is 23.6. The summed E-state index contributed by atoms with van der Waals surface area (Å²) in [5.74, 6) is 0. The Bertz CT molecular complexity index is 3800. The molecule has 0 atom stereocenters. The first-order valence-electron chi connectivity index (χ1n) is 23.6. The minimum absolute atomic E-state index is 0.574. The van der Waals surface area contributed by atoms with Gasteiger partial charge in [-0.15, -0.1) is 0 Å². The summed E-state index contributed by atoms with van der Waals surface area (Å²) in [6, 6.07) is 101. The Morgan fingerprint density at radius 1 is 0.279 bits per heavy atom. The van der Waals surface area contributed by atoms with E-state index in [2.05, 4.69) is 278 Å². The molecule has 0 aromatic heterocycles. The smallest absolute Gasteiger partial charge is 0.0714 e. The minimum Gasteiger partial charge on any atom is -0.309 e. The maximum atomic E-state index is 2.61. The summed E-state index contributed by atoms with van der Waals surface area (Å²) in [7, 11) is 0. The molecule has 13 rings (SSSR count). The maximum Gasteiger partial charge on any atom is 0.0714 e. The molecular weight excluding hydrogens is 819 g/mol. The van der Waals surface area contributed by atoms with Crippen LogP contribution < -0.4 is 4.90 Å². The van der Waals surface area contributed by atoms with E-state index in [1.54, 1.807) is 0 Å². The molecule has 318 valence electrons. The molecule has 12 aromatic rings. The first kappa shape index (κ1) is 39.6. The fraction of sp³-hybridized carbons (Fsp3) is 0.0149. The molecule has 1 nitrogen and oxygen atoms in total. The zero-order valence-corrected chi connectivity index (χ0v) is 37.4. The molecule has 0 unspecified atom stereocenters. The predicted octanol–water partition coefficient (Wildman–Crippen LogP) is 18.0. The summed E-state index contributed by atoms with van der Waals surface area (Å²) in [4.78, 5) is 2.61. The molecule has 0 saturated carbocycles. The van der Waals surface area contributed by atoms with Crippen molar-refractivity contribution in [3.05, 3.63) is 295 Å². The molecule has 0 N–H and O–H groups in total. The molecule has 0 spiro atoms. The lowest BCUT2D eigenvalue weighted by atomic mass is 9.68. The Hall–Kier alpha value is -8.78. The molecule has 0 saturated heterocycles. The van der Waals surface area contributed by atoms with Gasteiger partial charge in [-0.25, -0.2) is 0 Å². The minimum atomic E-state index is -0.574. The van der Waals surface area contributed by atoms with Gasteiger partial charge in [0.2, 0.25) is 0 Å². The van der Waals surface area contributed by atoms with Crippen LogP contribution in [0.2, 0.25) is 0 Å². The third-order valence-electron chi connectivity index (χ3n) is 14.3. The van der Waals surface area contributed by atoms with Crippen LogP contribution in [0.25, 0.3) is 76.8 Å². The summed E-state index contributed by atoms with van der Waals surface area (Å²) in [6.07, 6.45) is 0. The van der Waals surface area contributed by atoms with E-state index in [4.69, 9.17) is 0 Å². The Morgan fingerprint density at radius 2 is 0.809 bits per heavy atom. The van der Waals surface area contributed by atoms with Crippen LogP contribution in [0.5, 0.6) is 0 Å². The second kappa shape index (κ2) is 16.3. The van der Waals surface area contributed by atoms with E-state index < -0.39 is 5.41 Å². The second-order valence-electron chi connectivity index (χ2n) is 17.9. The van der Waals surface area contributed by atoms with Gasteiger partial charge in [-0.3, -0.25) is 0 Å². The van der Waals surface area contributed by atoms with E-state index in [0.29, 0.717) is 0 Å². The summed E-state index contributed by atoms with van der Waals surface area (Å²) < 4.78 is 0. The third kappa shape index (κ3) is 6.17. The lowest BCUT2D eigenvalue weighted by Gasteiger charge is -2.35. The maximum absolute atomic E-state index is 2.61. The Kier molecular flexibility index (Phi) is 9.47. The average molecular weight is 864 g/mol. The van der Waals surface area contributed by atoms with Crippen LogP contribution in [0.15, 0.2) is 273 Å². The van der Waals surface area contributed by atoms with Crippen molar-refractivity contribution in [3.8, 4) is 44.5 Å². The second-order valence-corrected chi connectivity index (χ2v) is 17.9. The van der Waals surface area contributed by atoms with Crippen molar-refractivity contribution in [2.75, 3.05) is 4.90 Å². The number of hydrogen-bond acceptors (Lipinski definition) is 1. The number of anilines is 3. The van der Waals surface area contributed by atoms with Gasteiger partial charge in [0.05, 0.1) is 16.8 Å². The van der Waals surface area contributed by atoms with Gasteiger partial charge in [-0.2, -0.15) is 0 Å². The van der Waals surface area contributed by atoms with Crippen LogP contribution in [0.1, 0.15) is 22.3 Å². The van der Waals surface area contributed by atoms with Crippen molar-refractivity contribution >= 4 is 49.4 Å². The first-order chi connectivity index (χ1) is 33.8. The fourth-order valence-corrected chi connectivity index (χ4v) is 11.4. The monoisotopic (exact) mass is 863 g/mol. The molecule has 1 aliphatic rings. The van der Waals surface area contributed by atoms with Crippen molar-refractivity contribution < 1.29 is 0 Å². The van der Waals surface area contributed by atoms with E-state index >= 15 is 0 Å². The molecule has 1 aliphatic carbocycles. The molecular formula is C67H45N. The van der Waals surface area contributed by atoms with Gasteiger partial charge in [-0.05, 0) is 107 Å². The number of rotatable bonds is 8. The van der Waals surface area contributed by atoms with Crippen LogP contribution in [-0.4, -0.2) is 0 Å². The highest BCUT2D eigenvalue weighted by Crippen LogP contribution is 2.61. The highest BCUT2D eigenvalue weighted by Gasteiger charge is 2.47. The number of hydrogen-bond donors (Lipinski definition) is 0. The van der Waals surface area contributed by atoms with E-state index in [1.165, 1.54) is 99.1 Å². The molecule has 0 aliphatic heterocycles. The molecule has 12 aromatic carbocycles. The quantitative estimate of drug-likeness (QED) is 0.138. The molecule has 0 bridgehead atoms. The fourth-order valence-electron chi connectivity index (χ4n) is 11.4. The summed E-state index contributed by atoms with van der Waals surface area (Å²) in [5, 5.41) is 7.27. The SMILES string of the molecule is c1ccc(-c2ccc(N(c3cccc4c3-c3ccccc3C4(c3ccccc3)c3ccccc3)c3c(-c4ccc5ccccc5c4)c4ccccc4c4ccccc34)cc2-c2ccccc2)cc1. The largest absolute Gasteiger partial charge is 0.309 e. The van der Waals surface area contributed by atoms with E-state index in [9.17, 15) is 0 Å². The Morgan fingerprint density at radius 3 is 1.50 bits per heavy atom. The molecule has 68 heavy (non-hydrogen) atoms. The lowest BCUT2D eigenvalue weighted by Crippen LogP contribution is -2.28. The molecule has 0 radical (unpaired) electrons. The van der Waals surface area contributed by atoms with Crippen LogP contribution in [0.3, 0.4) is 0 Å². The Labute approximate surface area is 397 Å². The van der Waals surface area contributed by atoms with Gasteiger partial charge in [0.25, 0.3) is 0 Å². The van der Waals surface area contributed by atoms with E-state index in [-0.39, 0.29) is 0 Å². The van der Waals surface area contributed by atoms with Crippen molar-refractivity contribution in [1.29, 1.82) is 0 Å². The van der Waals surface area contributed by atoms with Crippen LogP contribution in [-0.2, 0) is 5.41 Å². The summed E-state index contributed by atoms with van der Waals surface area (Å²) in [5.41, 5.74) is 17.3. The average Bonchev–Trinajstić information content (AvgIpc) is 3.73. The third-order valence-corrected chi connectivity index (χ3v) is 14.3. The molecule has 0 heterocycles.